The van der Waals surface area contributed by atoms with Gasteiger partial charge in [-0.2, -0.15) is 0 Å². The highest BCUT2D eigenvalue weighted by Gasteiger charge is 2.35. The highest BCUT2D eigenvalue weighted by Crippen LogP contribution is 2.50. The van der Waals surface area contributed by atoms with Crippen LogP contribution in [0.4, 0.5) is 0 Å². The van der Waals surface area contributed by atoms with Crippen LogP contribution in [-0.2, 0) is 9.59 Å². The average molecular weight is 687 g/mol. The summed E-state index contributed by atoms with van der Waals surface area (Å²) < 4.78 is 6.18. The number of hydrogen-bond donors (Lipinski definition) is 4. The Labute approximate surface area is 279 Å². The molecule has 2 atom stereocenters. The molecule has 1 aliphatic rings. The van der Waals surface area contributed by atoms with Crippen molar-refractivity contribution in [1.82, 2.24) is 16.0 Å². The van der Waals surface area contributed by atoms with Gasteiger partial charge in [-0.05, 0) is 48.4 Å². The van der Waals surface area contributed by atoms with E-state index in [1.54, 1.807) is 42.5 Å². The lowest BCUT2D eigenvalue weighted by Gasteiger charge is -2.31. The molecule has 1 saturated heterocycles. The highest BCUT2D eigenvalue weighted by molar-refractivity contribution is 7.18. The zero-order chi connectivity index (χ0) is 31.9. The van der Waals surface area contributed by atoms with Gasteiger partial charge < -0.3 is 20.5 Å². The molecule has 3 aromatic carbocycles. The lowest BCUT2D eigenvalue weighted by atomic mass is 9.81. The van der Waals surface area contributed by atoms with E-state index in [0.29, 0.717) is 56.1 Å². The second kappa shape index (κ2) is 15.2. The molecule has 0 saturated carbocycles. The third-order valence-corrected chi connectivity index (χ3v) is 9.48. The van der Waals surface area contributed by atoms with Gasteiger partial charge in [0, 0.05) is 44.4 Å². The first-order valence-electron chi connectivity index (χ1n) is 14.3. The van der Waals surface area contributed by atoms with Crippen LogP contribution in [0, 0.1) is 5.92 Å². The van der Waals surface area contributed by atoms with Crippen molar-refractivity contribution in [2.75, 3.05) is 32.8 Å². The van der Waals surface area contributed by atoms with Gasteiger partial charge in [-0.25, -0.2) is 0 Å². The number of hydrogen-bond acceptors (Lipinski definition) is 7. The molecule has 2 heterocycles. The van der Waals surface area contributed by atoms with Crippen molar-refractivity contribution in [3.63, 3.8) is 0 Å². The quantitative estimate of drug-likeness (QED) is 0.117. The van der Waals surface area contributed by atoms with Crippen LogP contribution >= 0.6 is 46.1 Å². The van der Waals surface area contributed by atoms with E-state index in [9.17, 15) is 14.4 Å². The number of nitrogens with one attached hydrogen (secondary N) is 3. The Morgan fingerprint density at radius 3 is 2.42 bits per heavy atom. The fraction of sp³-hybridized carbons (Fsp3) is 0.242. The molecule has 4 N–H and O–H groups in total. The summed E-state index contributed by atoms with van der Waals surface area (Å²) in [5, 5.41) is 18.9. The normalized spacial score (nSPS) is 16.2. The van der Waals surface area contributed by atoms with Crippen LogP contribution < -0.4 is 20.7 Å². The minimum atomic E-state index is -0.663. The number of aliphatic hydroxyl groups excluding tert-OH is 1. The lowest BCUT2D eigenvalue weighted by Crippen LogP contribution is -2.45. The molecule has 0 radical (unpaired) electrons. The Balaban J connectivity index is 1.54. The first-order valence-corrected chi connectivity index (χ1v) is 16.2. The molecule has 234 valence electrons. The number of ether oxygens (including phenoxy) is 1. The number of carbonyl (C=O) groups is 3. The smallest absolute Gasteiger partial charge is 0.271 e. The number of thiophene rings is 1. The van der Waals surface area contributed by atoms with Crippen LogP contribution in [0.2, 0.25) is 15.1 Å². The zero-order valence-corrected chi connectivity index (χ0v) is 27.0. The zero-order valence-electron chi connectivity index (χ0n) is 23.9. The predicted octanol–water partition coefficient (Wildman–Crippen LogP) is 6.18. The summed E-state index contributed by atoms with van der Waals surface area (Å²) in [5.74, 6) is -1.85. The molecule has 3 amide bonds. The number of carbonyl (C=O) groups excluding carboxylic acids is 3. The second-order valence-electron chi connectivity index (χ2n) is 10.4. The van der Waals surface area contributed by atoms with Gasteiger partial charge in [-0.15, -0.1) is 11.3 Å². The third kappa shape index (κ3) is 7.87. The number of imide groups is 1. The third-order valence-electron chi connectivity index (χ3n) is 7.48. The maximum Gasteiger partial charge on any atom is 0.271 e. The predicted molar refractivity (Wildman–Crippen MR) is 178 cm³/mol. The van der Waals surface area contributed by atoms with Gasteiger partial charge in [0.05, 0.1) is 11.6 Å². The fourth-order valence-electron chi connectivity index (χ4n) is 5.33. The molecule has 2 unspecified atom stereocenters. The SMILES string of the molecule is O=C(CO)NCCOc1c(C(=O)NC(=O)C2CCNCC2c2ccccc2)sc(-c2ccc(Cl)cc2Cl)c1-c1ccc(Cl)cc1. The van der Waals surface area contributed by atoms with Gasteiger partial charge in [0.25, 0.3) is 5.91 Å². The summed E-state index contributed by atoms with van der Waals surface area (Å²) in [6.07, 6.45) is 0.568. The first kappa shape index (κ1) is 32.9. The largest absolute Gasteiger partial charge is 0.489 e. The van der Waals surface area contributed by atoms with Crippen LogP contribution in [0.25, 0.3) is 21.6 Å². The summed E-state index contributed by atoms with van der Waals surface area (Å²) >= 11 is 20.2. The Kier molecular flexibility index (Phi) is 11.1. The molecular weight excluding hydrogens is 657 g/mol. The number of piperidine rings is 1. The van der Waals surface area contributed by atoms with Crippen molar-refractivity contribution < 1.29 is 24.2 Å². The van der Waals surface area contributed by atoms with Gasteiger partial charge in [-0.3, -0.25) is 19.7 Å². The van der Waals surface area contributed by atoms with Gasteiger partial charge in [0.15, 0.2) is 5.75 Å². The molecule has 0 aliphatic carbocycles. The van der Waals surface area contributed by atoms with Crippen molar-refractivity contribution in [2.24, 2.45) is 5.92 Å². The van der Waals surface area contributed by atoms with Crippen molar-refractivity contribution in [3.05, 3.63) is 98.3 Å². The van der Waals surface area contributed by atoms with Crippen LogP contribution in [0.15, 0.2) is 72.8 Å². The van der Waals surface area contributed by atoms with Crippen LogP contribution in [-0.4, -0.2) is 55.7 Å². The van der Waals surface area contributed by atoms with E-state index in [1.165, 1.54) is 0 Å². The average Bonchev–Trinajstić information content (AvgIpc) is 3.42. The maximum absolute atomic E-state index is 14.0. The topological polar surface area (TPSA) is 117 Å². The Hall–Kier alpha value is -3.44. The molecule has 8 nitrogen and oxygen atoms in total. The lowest BCUT2D eigenvalue weighted by molar-refractivity contribution is -0.125. The van der Waals surface area contributed by atoms with Gasteiger partial charge >= 0.3 is 0 Å². The highest BCUT2D eigenvalue weighted by atomic mass is 35.5. The van der Waals surface area contributed by atoms with Crippen molar-refractivity contribution in [3.8, 4) is 27.3 Å². The molecule has 0 bridgehead atoms. The summed E-state index contributed by atoms with van der Waals surface area (Å²) in [4.78, 5) is 40.1. The first-order chi connectivity index (χ1) is 21.8. The summed E-state index contributed by atoms with van der Waals surface area (Å²) in [6.45, 7) is 0.658. The van der Waals surface area contributed by atoms with E-state index in [-0.39, 0.29) is 35.6 Å². The number of halogens is 3. The van der Waals surface area contributed by atoms with E-state index >= 15 is 0 Å². The molecule has 12 heteroatoms. The van der Waals surface area contributed by atoms with E-state index in [0.717, 1.165) is 16.9 Å². The Bertz CT molecular complexity index is 1680. The van der Waals surface area contributed by atoms with E-state index < -0.39 is 24.3 Å². The van der Waals surface area contributed by atoms with Crippen LogP contribution in [0.5, 0.6) is 5.75 Å². The number of amides is 3. The van der Waals surface area contributed by atoms with E-state index in [2.05, 4.69) is 16.0 Å². The second-order valence-corrected chi connectivity index (χ2v) is 12.7. The van der Waals surface area contributed by atoms with Gasteiger partial charge in [0.2, 0.25) is 11.8 Å². The molecule has 45 heavy (non-hydrogen) atoms. The maximum atomic E-state index is 14.0. The van der Waals surface area contributed by atoms with E-state index in [4.69, 9.17) is 44.6 Å². The van der Waals surface area contributed by atoms with Gasteiger partial charge in [-0.1, -0.05) is 83.3 Å². The van der Waals surface area contributed by atoms with Gasteiger partial charge in [0.1, 0.15) is 18.1 Å². The van der Waals surface area contributed by atoms with Crippen molar-refractivity contribution in [2.45, 2.75) is 12.3 Å². The minimum Gasteiger partial charge on any atom is -0.489 e. The van der Waals surface area contributed by atoms with Crippen LogP contribution in [0.1, 0.15) is 27.6 Å². The molecule has 1 aromatic heterocycles. The minimum absolute atomic E-state index is 0.0184. The van der Waals surface area contributed by atoms with Crippen LogP contribution in [0.3, 0.4) is 0 Å². The summed E-state index contributed by atoms with van der Waals surface area (Å²) in [7, 11) is 0. The molecule has 1 aliphatic heterocycles. The number of rotatable bonds is 10. The summed E-state index contributed by atoms with van der Waals surface area (Å²) in [5.41, 5.74) is 2.89. The number of benzene rings is 3. The molecule has 1 fully saturated rings. The Morgan fingerprint density at radius 2 is 1.71 bits per heavy atom. The molecule has 4 aromatic rings. The Morgan fingerprint density at radius 1 is 0.978 bits per heavy atom. The summed E-state index contributed by atoms with van der Waals surface area (Å²) in [6, 6.07) is 21.9. The van der Waals surface area contributed by atoms with Crippen molar-refractivity contribution >= 4 is 63.9 Å². The monoisotopic (exact) mass is 685 g/mol. The molecule has 5 rings (SSSR count). The van der Waals surface area contributed by atoms with E-state index in [1.807, 2.05) is 30.3 Å². The molecule has 0 spiro atoms. The number of aliphatic hydroxyl groups is 1. The molecular formula is C33H30Cl3N3O5S. The fourth-order valence-corrected chi connectivity index (χ4v) is 7.22. The standard InChI is InChI=1S/C33H30Cl3N3O5S/c34-21-8-6-20(7-9-21)28-29(44-15-14-38-27(41)18-40)31(45-30(28)24-11-10-22(35)16-26(24)36)33(43)39-32(42)23-12-13-37-17-25(23)19-4-2-1-3-5-19/h1-11,16,23,25,37,40H,12-15,17-18H2,(H,38,41)(H,39,42,43). The van der Waals surface area contributed by atoms with Crippen molar-refractivity contribution in [1.29, 1.82) is 0 Å².